The van der Waals surface area contributed by atoms with Crippen molar-refractivity contribution in [1.82, 2.24) is 4.98 Å². The number of carbonyl (C=O) groups excluding carboxylic acids is 1. The zero-order valence-corrected chi connectivity index (χ0v) is 12.6. The van der Waals surface area contributed by atoms with Crippen LogP contribution in [-0.4, -0.2) is 10.8 Å². The lowest BCUT2D eigenvalue weighted by atomic mass is 9.73. The van der Waals surface area contributed by atoms with Crippen LogP contribution in [0.4, 0.5) is 0 Å². The zero-order chi connectivity index (χ0) is 14.7. The van der Waals surface area contributed by atoms with Crippen molar-refractivity contribution in [3.8, 4) is 0 Å². The number of pyridine rings is 1. The van der Waals surface area contributed by atoms with Crippen molar-refractivity contribution in [3.05, 3.63) is 64.9 Å². The second kappa shape index (κ2) is 5.98. The number of hydrogen-bond donors (Lipinski definition) is 0. The third kappa shape index (κ3) is 2.73. The van der Waals surface area contributed by atoms with Crippen molar-refractivity contribution < 1.29 is 4.79 Å². The Balaban J connectivity index is 1.92. The highest BCUT2D eigenvalue weighted by Gasteiger charge is 2.41. The van der Waals surface area contributed by atoms with E-state index in [-0.39, 0.29) is 11.2 Å². The molecule has 0 amide bonds. The van der Waals surface area contributed by atoms with Gasteiger partial charge >= 0.3 is 0 Å². The molecule has 1 aromatic carbocycles. The number of rotatable bonds is 4. The van der Waals surface area contributed by atoms with Gasteiger partial charge in [0.25, 0.3) is 0 Å². The van der Waals surface area contributed by atoms with E-state index >= 15 is 0 Å². The summed E-state index contributed by atoms with van der Waals surface area (Å²) < 4.78 is 0. The summed E-state index contributed by atoms with van der Waals surface area (Å²) in [6.07, 6.45) is 7.80. The molecule has 0 unspecified atom stereocenters. The predicted octanol–water partition coefficient (Wildman–Crippen LogP) is 4.36. The molecule has 0 atom stereocenters. The van der Waals surface area contributed by atoms with Gasteiger partial charge in [-0.25, -0.2) is 0 Å². The maximum absolute atomic E-state index is 13.0. The van der Waals surface area contributed by atoms with Gasteiger partial charge in [-0.2, -0.15) is 0 Å². The Morgan fingerprint density at radius 2 is 1.86 bits per heavy atom. The molecule has 0 spiro atoms. The monoisotopic (exact) mass is 299 g/mol. The van der Waals surface area contributed by atoms with Crippen molar-refractivity contribution in [2.75, 3.05) is 0 Å². The number of carbonyl (C=O) groups is 1. The van der Waals surface area contributed by atoms with Crippen LogP contribution < -0.4 is 0 Å². The standard InChI is InChI=1S/C18H18ClNO/c19-16-13-20-11-8-14(16)12-17(21)18(9-4-5-10-18)15-6-2-1-3-7-15/h1-3,6-8,11,13H,4-5,9-10,12H2. The van der Waals surface area contributed by atoms with E-state index < -0.39 is 0 Å². The van der Waals surface area contributed by atoms with Gasteiger partial charge in [-0.15, -0.1) is 0 Å². The number of nitrogens with zero attached hydrogens (tertiary/aromatic N) is 1. The molecule has 0 saturated heterocycles. The zero-order valence-electron chi connectivity index (χ0n) is 11.9. The van der Waals surface area contributed by atoms with Crippen molar-refractivity contribution in [2.45, 2.75) is 37.5 Å². The van der Waals surface area contributed by atoms with Gasteiger partial charge in [-0.3, -0.25) is 9.78 Å². The van der Waals surface area contributed by atoms with E-state index in [9.17, 15) is 4.79 Å². The average molecular weight is 300 g/mol. The van der Waals surface area contributed by atoms with Crippen molar-refractivity contribution in [1.29, 1.82) is 0 Å². The molecule has 2 nitrogen and oxygen atoms in total. The molecule has 108 valence electrons. The second-order valence-electron chi connectivity index (χ2n) is 5.72. The smallest absolute Gasteiger partial charge is 0.147 e. The Hall–Kier alpha value is -1.67. The maximum Gasteiger partial charge on any atom is 0.147 e. The molecule has 1 aromatic heterocycles. The number of aromatic nitrogens is 1. The van der Waals surface area contributed by atoms with E-state index in [0.717, 1.165) is 36.8 Å². The molecule has 0 radical (unpaired) electrons. The van der Waals surface area contributed by atoms with Crippen LogP contribution in [0.2, 0.25) is 5.02 Å². The lowest BCUT2D eigenvalue weighted by Crippen LogP contribution is -2.34. The fourth-order valence-corrected chi connectivity index (χ4v) is 3.54. The van der Waals surface area contributed by atoms with Gasteiger partial charge in [-0.1, -0.05) is 54.8 Å². The molecular weight excluding hydrogens is 282 g/mol. The summed E-state index contributed by atoms with van der Waals surface area (Å²) in [4.78, 5) is 17.0. The molecule has 2 aromatic rings. The van der Waals surface area contributed by atoms with E-state index in [1.807, 2.05) is 24.3 Å². The fraction of sp³-hybridized carbons (Fsp3) is 0.333. The fourth-order valence-electron chi connectivity index (χ4n) is 3.35. The molecular formula is C18H18ClNO. The molecule has 0 bridgehead atoms. The van der Waals surface area contributed by atoms with Crippen LogP contribution in [0, 0.1) is 0 Å². The Morgan fingerprint density at radius 1 is 1.14 bits per heavy atom. The summed E-state index contributed by atoms with van der Waals surface area (Å²) in [5.74, 6) is 0.277. The highest BCUT2D eigenvalue weighted by atomic mass is 35.5. The van der Waals surface area contributed by atoms with Gasteiger partial charge < -0.3 is 0 Å². The van der Waals surface area contributed by atoms with Crippen molar-refractivity contribution >= 4 is 17.4 Å². The topological polar surface area (TPSA) is 30.0 Å². The van der Waals surface area contributed by atoms with Crippen molar-refractivity contribution in [3.63, 3.8) is 0 Å². The van der Waals surface area contributed by atoms with Gasteiger partial charge in [0.05, 0.1) is 10.4 Å². The molecule has 1 heterocycles. The van der Waals surface area contributed by atoms with E-state index in [1.165, 1.54) is 0 Å². The van der Waals surface area contributed by atoms with Gasteiger partial charge in [-0.05, 0) is 30.0 Å². The molecule has 0 N–H and O–H groups in total. The van der Waals surface area contributed by atoms with Crippen LogP contribution in [0.15, 0.2) is 48.8 Å². The van der Waals surface area contributed by atoms with Crippen LogP contribution in [-0.2, 0) is 16.6 Å². The molecule has 1 aliphatic rings. The maximum atomic E-state index is 13.0. The summed E-state index contributed by atoms with van der Waals surface area (Å²) in [5, 5.41) is 0.576. The Kier molecular flexibility index (Phi) is 4.07. The first kappa shape index (κ1) is 14.3. The molecule has 1 aliphatic carbocycles. The molecule has 3 heteroatoms. The first-order valence-corrected chi connectivity index (χ1v) is 7.77. The van der Waals surface area contributed by atoms with E-state index in [1.54, 1.807) is 12.4 Å². The van der Waals surface area contributed by atoms with E-state index in [4.69, 9.17) is 11.6 Å². The van der Waals surface area contributed by atoms with E-state index in [2.05, 4.69) is 17.1 Å². The van der Waals surface area contributed by atoms with Crippen LogP contribution in [0.25, 0.3) is 0 Å². The Bertz CT molecular complexity index is 633. The number of ketones is 1. The first-order chi connectivity index (χ1) is 10.2. The van der Waals surface area contributed by atoms with Crippen LogP contribution in [0.5, 0.6) is 0 Å². The molecule has 3 rings (SSSR count). The summed E-state index contributed by atoms with van der Waals surface area (Å²) in [6.45, 7) is 0. The quantitative estimate of drug-likeness (QED) is 0.839. The normalized spacial score (nSPS) is 16.8. The summed E-state index contributed by atoms with van der Waals surface area (Å²) in [6, 6.07) is 12.0. The van der Waals surface area contributed by atoms with Crippen LogP contribution >= 0.6 is 11.6 Å². The minimum absolute atomic E-state index is 0.277. The summed E-state index contributed by atoms with van der Waals surface area (Å²) in [5.41, 5.74) is 1.70. The Morgan fingerprint density at radius 3 is 2.52 bits per heavy atom. The summed E-state index contributed by atoms with van der Waals surface area (Å²) in [7, 11) is 0. The minimum Gasteiger partial charge on any atom is -0.298 e. The summed E-state index contributed by atoms with van der Waals surface area (Å²) >= 11 is 6.15. The van der Waals surface area contributed by atoms with Crippen LogP contribution in [0.3, 0.4) is 0 Å². The van der Waals surface area contributed by atoms with Crippen LogP contribution in [0.1, 0.15) is 36.8 Å². The van der Waals surface area contributed by atoms with Crippen molar-refractivity contribution in [2.24, 2.45) is 0 Å². The lowest BCUT2D eigenvalue weighted by Gasteiger charge is -2.28. The highest BCUT2D eigenvalue weighted by Crippen LogP contribution is 2.42. The van der Waals surface area contributed by atoms with Gasteiger partial charge in [0.1, 0.15) is 5.78 Å². The van der Waals surface area contributed by atoms with Gasteiger partial charge in [0.2, 0.25) is 0 Å². The number of Topliss-reactive ketones (excluding diaryl/α,β-unsaturated/α-hetero) is 1. The third-order valence-corrected chi connectivity index (χ3v) is 4.87. The predicted molar refractivity (Wildman–Crippen MR) is 84.5 cm³/mol. The minimum atomic E-state index is -0.326. The largest absolute Gasteiger partial charge is 0.298 e. The second-order valence-corrected chi connectivity index (χ2v) is 6.13. The molecule has 1 saturated carbocycles. The van der Waals surface area contributed by atoms with Gasteiger partial charge in [0, 0.05) is 18.8 Å². The van der Waals surface area contributed by atoms with Gasteiger partial charge in [0.15, 0.2) is 0 Å². The number of halogens is 1. The number of benzene rings is 1. The molecule has 1 fully saturated rings. The lowest BCUT2D eigenvalue weighted by molar-refractivity contribution is -0.123. The third-order valence-electron chi connectivity index (χ3n) is 4.52. The number of hydrogen-bond acceptors (Lipinski definition) is 2. The Labute approximate surface area is 130 Å². The molecule has 0 aliphatic heterocycles. The first-order valence-electron chi connectivity index (χ1n) is 7.40. The average Bonchev–Trinajstić information content (AvgIpc) is 3.01. The highest BCUT2D eigenvalue weighted by molar-refractivity contribution is 6.31. The molecule has 21 heavy (non-hydrogen) atoms. The SMILES string of the molecule is O=C(Cc1ccncc1Cl)C1(c2ccccc2)CCCC1. The van der Waals surface area contributed by atoms with E-state index in [0.29, 0.717) is 11.4 Å².